The number of nitrogens with one attached hydrogen (secondary N) is 2. The Morgan fingerprint density at radius 3 is 2.58 bits per heavy atom. The number of carbonyl (C=O) groups excluding carboxylic acids is 1. The van der Waals surface area contributed by atoms with Crippen molar-refractivity contribution in [2.75, 3.05) is 11.9 Å². The van der Waals surface area contributed by atoms with Gasteiger partial charge in [0.05, 0.1) is 16.5 Å². The van der Waals surface area contributed by atoms with Crippen LogP contribution < -0.4 is 10.6 Å². The number of amides is 1. The summed E-state index contributed by atoms with van der Waals surface area (Å²) in [4.78, 5) is 25.9. The molecule has 0 bridgehead atoms. The summed E-state index contributed by atoms with van der Waals surface area (Å²) in [7, 11) is 0. The van der Waals surface area contributed by atoms with Crippen LogP contribution in [0.1, 0.15) is 24.8 Å². The van der Waals surface area contributed by atoms with Crippen LogP contribution in [0.4, 0.5) is 19.0 Å². The van der Waals surface area contributed by atoms with Gasteiger partial charge >= 0.3 is 12.1 Å². The molecule has 0 spiro atoms. The highest BCUT2D eigenvalue weighted by Crippen LogP contribution is 2.32. The van der Waals surface area contributed by atoms with Crippen LogP contribution in [0.25, 0.3) is 0 Å². The lowest BCUT2D eigenvalue weighted by atomic mass is 9.80. The molecule has 1 heterocycles. The molecule has 1 aliphatic carbocycles. The van der Waals surface area contributed by atoms with E-state index in [1.165, 1.54) is 0 Å². The van der Waals surface area contributed by atoms with Crippen LogP contribution in [0, 0.1) is 5.92 Å². The quantitative estimate of drug-likeness (QED) is 0.720. The van der Waals surface area contributed by atoms with Crippen LogP contribution in [-0.2, 0) is 15.8 Å². The van der Waals surface area contributed by atoms with E-state index in [4.69, 9.17) is 16.7 Å². The zero-order valence-electron chi connectivity index (χ0n) is 12.4. The predicted molar refractivity (Wildman–Crippen MR) is 79.6 cm³/mol. The van der Waals surface area contributed by atoms with Gasteiger partial charge in [-0.25, -0.2) is 4.98 Å². The molecule has 3 N–H and O–H groups in total. The lowest BCUT2D eigenvalue weighted by molar-refractivity contribution is -0.146. The number of pyridine rings is 1. The van der Waals surface area contributed by atoms with Crippen molar-refractivity contribution in [1.82, 2.24) is 10.3 Å². The Bertz CT molecular complexity index is 633. The highest BCUT2D eigenvalue weighted by Gasteiger charge is 2.35. The summed E-state index contributed by atoms with van der Waals surface area (Å²) in [6.45, 7) is 0.138. The van der Waals surface area contributed by atoms with E-state index in [0.29, 0.717) is 19.0 Å². The normalized spacial score (nSPS) is 20.2. The minimum absolute atomic E-state index is 0.0621. The van der Waals surface area contributed by atoms with E-state index in [9.17, 15) is 22.8 Å². The van der Waals surface area contributed by atoms with Crippen molar-refractivity contribution in [3.8, 4) is 0 Å². The molecule has 132 valence electrons. The summed E-state index contributed by atoms with van der Waals surface area (Å²) in [6.07, 6.45) is -2.99. The van der Waals surface area contributed by atoms with Crippen molar-refractivity contribution in [3.05, 3.63) is 22.8 Å². The standard InChI is InChI=1S/C14H15ClF3N3O3/c15-10-5-8(14(16,17)18)6-20-12(10)19-2-1-11(22)21-9-3-7(4-9)13(23)24/h5-7,9H,1-4H2,(H,19,20)(H,21,22)(H,23,24). The monoisotopic (exact) mass is 365 g/mol. The predicted octanol–water partition coefficient (Wildman–Crippen LogP) is 2.54. The topological polar surface area (TPSA) is 91.3 Å². The molecule has 2 rings (SSSR count). The van der Waals surface area contributed by atoms with Gasteiger partial charge < -0.3 is 15.7 Å². The Morgan fingerprint density at radius 2 is 2.04 bits per heavy atom. The van der Waals surface area contributed by atoms with Crippen LogP contribution in [0.2, 0.25) is 5.02 Å². The number of alkyl halides is 3. The molecule has 1 amide bonds. The number of nitrogens with zero attached hydrogens (tertiary/aromatic N) is 1. The van der Waals surface area contributed by atoms with Crippen LogP contribution >= 0.6 is 11.6 Å². The SMILES string of the molecule is O=C(CCNc1ncc(C(F)(F)F)cc1Cl)NC1CC(C(=O)O)C1. The molecule has 0 atom stereocenters. The Hall–Kier alpha value is -2.03. The Kier molecular flexibility index (Phi) is 5.53. The van der Waals surface area contributed by atoms with Crippen molar-refractivity contribution in [1.29, 1.82) is 0 Å². The van der Waals surface area contributed by atoms with Crippen molar-refractivity contribution < 1.29 is 27.9 Å². The van der Waals surface area contributed by atoms with Gasteiger partial charge in [0.1, 0.15) is 5.82 Å². The van der Waals surface area contributed by atoms with Gasteiger partial charge in [0.25, 0.3) is 0 Å². The van der Waals surface area contributed by atoms with Gasteiger partial charge in [-0.15, -0.1) is 0 Å². The number of halogens is 4. The number of rotatable bonds is 6. The molecule has 0 aliphatic heterocycles. The smallest absolute Gasteiger partial charge is 0.417 e. The number of aliphatic carboxylic acids is 1. The summed E-state index contributed by atoms with van der Waals surface area (Å²) < 4.78 is 37.5. The van der Waals surface area contributed by atoms with Crippen LogP contribution in [0.15, 0.2) is 12.3 Å². The number of aromatic nitrogens is 1. The van der Waals surface area contributed by atoms with Gasteiger partial charge in [0.2, 0.25) is 5.91 Å². The molecule has 10 heteroatoms. The molecule has 1 fully saturated rings. The lowest BCUT2D eigenvalue weighted by Crippen LogP contribution is -2.46. The third-order valence-electron chi connectivity index (χ3n) is 3.67. The van der Waals surface area contributed by atoms with E-state index in [-0.39, 0.29) is 35.8 Å². The molecule has 0 radical (unpaired) electrons. The maximum absolute atomic E-state index is 12.5. The Labute approximate surface area is 140 Å². The maximum atomic E-state index is 12.5. The first-order chi connectivity index (χ1) is 11.2. The van der Waals surface area contributed by atoms with Gasteiger partial charge in [0.15, 0.2) is 0 Å². The van der Waals surface area contributed by atoms with E-state index in [1.807, 2.05) is 0 Å². The zero-order chi connectivity index (χ0) is 17.9. The van der Waals surface area contributed by atoms with Crippen LogP contribution in [-0.4, -0.2) is 34.6 Å². The first kappa shape index (κ1) is 18.3. The second-order valence-corrected chi connectivity index (χ2v) is 5.91. The second-order valence-electron chi connectivity index (χ2n) is 5.50. The molecular formula is C14H15ClF3N3O3. The van der Waals surface area contributed by atoms with E-state index < -0.39 is 23.6 Å². The molecule has 0 aromatic carbocycles. The van der Waals surface area contributed by atoms with E-state index in [0.717, 1.165) is 6.07 Å². The largest absolute Gasteiger partial charge is 0.481 e. The summed E-state index contributed by atoms with van der Waals surface area (Å²) in [5.41, 5.74) is -0.950. The highest BCUT2D eigenvalue weighted by atomic mass is 35.5. The minimum atomic E-state index is -4.52. The first-order valence-electron chi connectivity index (χ1n) is 7.15. The van der Waals surface area contributed by atoms with Gasteiger partial charge in [-0.1, -0.05) is 11.6 Å². The fraction of sp³-hybridized carbons (Fsp3) is 0.500. The van der Waals surface area contributed by atoms with Gasteiger partial charge in [-0.05, 0) is 18.9 Å². The van der Waals surface area contributed by atoms with Crippen molar-refractivity contribution >= 4 is 29.3 Å². The van der Waals surface area contributed by atoms with E-state index >= 15 is 0 Å². The molecule has 1 saturated carbocycles. The fourth-order valence-electron chi connectivity index (χ4n) is 2.25. The third kappa shape index (κ3) is 4.73. The molecule has 1 aromatic heterocycles. The number of hydrogen-bond donors (Lipinski definition) is 3. The van der Waals surface area contributed by atoms with E-state index in [1.54, 1.807) is 0 Å². The zero-order valence-corrected chi connectivity index (χ0v) is 13.1. The molecule has 24 heavy (non-hydrogen) atoms. The average Bonchev–Trinajstić information content (AvgIpc) is 2.42. The number of carboxylic acid groups (broad SMARTS) is 1. The Balaban J connectivity index is 1.74. The van der Waals surface area contributed by atoms with Crippen molar-refractivity contribution in [2.24, 2.45) is 5.92 Å². The Morgan fingerprint density at radius 1 is 1.38 bits per heavy atom. The van der Waals surface area contributed by atoms with Crippen LogP contribution in [0.5, 0.6) is 0 Å². The van der Waals surface area contributed by atoms with Gasteiger partial charge in [0, 0.05) is 25.2 Å². The lowest BCUT2D eigenvalue weighted by Gasteiger charge is -2.32. The molecule has 0 unspecified atom stereocenters. The average molecular weight is 366 g/mol. The summed E-state index contributed by atoms with van der Waals surface area (Å²) >= 11 is 5.73. The first-order valence-corrected chi connectivity index (χ1v) is 7.53. The number of carbonyl (C=O) groups is 2. The highest BCUT2D eigenvalue weighted by molar-refractivity contribution is 6.32. The molecule has 0 saturated heterocycles. The van der Waals surface area contributed by atoms with Gasteiger partial charge in [-0.2, -0.15) is 13.2 Å². The summed E-state index contributed by atoms with van der Waals surface area (Å²) in [6, 6.07) is 0.614. The molecule has 1 aromatic rings. The molecule has 1 aliphatic rings. The third-order valence-corrected chi connectivity index (χ3v) is 3.95. The fourth-order valence-corrected chi connectivity index (χ4v) is 2.49. The summed E-state index contributed by atoms with van der Waals surface area (Å²) in [5, 5.41) is 13.9. The van der Waals surface area contributed by atoms with E-state index in [2.05, 4.69) is 15.6 Å². The number of carboxylic acids is 1. The molecule has 6 nitrogen and oxygen atoms in total. The van der Waals surface area contributed by atoms with Crippen molar-refractivity contribution in [3.63, 3.8) is 0 Å². The number of hydrogen-bond acceptors (Lipinski definition) is 4. The molecular weight excluding hydrogens is 351 g/mol. The van der Waals surface area contributed by atoms with Gasteiger partial charge in [-0.3, -0.25) is 9.59 Å². The van der Waals surface area contributed by atoms with Crippen molar-refractivity contribution in [2.45, 2.75) is 31.5 Å². The maximum Gasteiger partial charge on any atom is 0.417 e. The van der Waals surface area contributed by atoms with Crippen LogP contribution in [0.3, 0.4) is 0 Å². The summed E-state index contributed by atoms with van der Waals surface area (Å²) in [5.74, 6) is -1.50. The second kappa shape index (κ2) is 7.25. The number of anilines is 1. The minimum Gasteiger partial charge on any atom is -0.481 e.